The van der Waals surface area contributed by atoms with E-state index in [-0.39, 0.29) is 12.5 Å². The van der Waals surface area contributed by atoms with Crippen LogP contribution < -0.4 is 10.1 Å². The maximum Gasteiger partial charge on any atom is 0.407 e. The van der Waals surface area contributed by atoms with E-state index < -0.39 is 18.1 Å². The molecule has 3 aromatic carbocycles. The van der Waals surface area contributed by atoms with Gasteiger partial charge in [-0.3, -0.25) is 0 Å². The number of benzene rings is 3. The number of ether oxygens (including phenoxy) is 2. The standard InChI is InChI=1S/C29H31NO5S/c1-20-8-6-9-21(18-20)34-15-7-16-36-17-14-27(28(31)32)30-29(33)35-19-26-24-12-4-2-10-22(24)23-11-3-5-13-25(23)26/h2-6,8-13,18,26-27H,7,14-17,19H2,1H3,(H,30,33)(H,31,32). The molecule has 0 bridgehead atoms. The van der Waals surface area contributed by atoms with Crippen LogP contribution in [0.3, 0.4) is 0 Å². The Kier molecular flexibility index (Phi) is 8.90. The minimum Gasteiger partial charge on any atom is -0.494 e. The van der Waals surface area contributed by atoms with Crippen LogP contribution in [0.25, 0.3) is 11.1 Å². The Labute approximate surface area is 216 Å². The summed E-state index contributed by atoms with van der Waals surface area (Å²) in [6.07, 6.45) is 0.472. The molecule has 4 rings (SSSR count). The quantitative estimate of drug-likeness (QED) is 0.299. The first-order chi connectivity index (χ1) is 17.5. The van der Waals surface area contributed by atoms with Crippen LogP contribution >= 0.6 is 11.8 Å². The number of aryl methyl sites for hydroxylation is 1. The average Bonchev–Trinajstić information content (AvgIpc) is 3.20. The second-order valence-electron chi connectivity index (χ2n) is 8.78. The summed E-state index contributed by atoms with van der Waals surface area (Å²) in [4.78, 5) is 24.1. The first-order valence-electron chi connectivity index (χ1n) is 12.1. The van der Waals surface area contributed by atoms with Crippen molar-refractivity contribution in [1.29, 1.82) is 0 Å². The van der Waals surface area contributed by atoms with Gasteiger partial charge in [0.25, 0.3) is 0 Å². The zero-order chi connectivity index (χ0) is 25.3. The number of carbonyl (C=O) groups is 2. The third-order valence-electron chi connectivity index (χ3n) is 6.18. The predicted octanol–water partition coefficient (Wildman–Crippen LogP) is 5.88. The highest BCUT2D eigenvalue weighted by atomic mass is 32.2. The van der Waals surface area contributed by atoms with Crippen LogP contribution in [0, 0.1) is 6.92 Å². The number of hydrogen-bond donors (Lipinski definition) is 2. The van der Waals surface area contributed by atoms with Crippen LogP contribution in [0.5, 0.6) is 5.75 Å². The molecule has 0 heterocycles. The van der Waals surface area contributed by atoms with Crippen molar-refractivity contribution >= 4 is 23.8 Å². The topological polar surface area (TPSA) is 84.9 Å². The number of carboxylic acids is 1. The molecule has 36 heavy (non-hydrogen) atoms. The third kappa shape index (κ3) is 6.61. The molecule has 0 radical (unpaired) electrons. The molecule has 0 fully saturated rings. The van der Waals surface area contributed by atoms with Crippen molar-refractivity contribution in [3.63, 3.8) is 0 Å². The molecule has 0 aromatic heterocycles. The fraction of sp³-hybridized carbons (Fsp3) is 0.310. The Morgan fingerprint density at radius 3 is 2.33 bits per heavy atom. The highest BCUT2D eigenvalue weighted by Crippen LogP contribution is 2.44. The average molecular weight is 506 g/mol. The number of nitrogens with one attached hydrogen (secondary N) is 1. The number of amides is 1. The second kappa shape index (κ2) is 12.5. The van der Waals surface area contributed by atoms with Gasteiger partial charge in [0.05, 0.1) is 6.61 Å². The van der Waals surface area contributed by atoms with E-state index in [2.05, 4.69) is 17.4 Å². The van der Waals surface area contributed by atoms with Gasteiger partial charge in [0, 0.05) is 5.92 Å². The van der Waals surface area contributed by atoms with E-state index in [9.17, 15) is 14.7 Å². The van der Waals surface area contributed by atoms with Gasteiger partial charge in [0.15, 0.2) is 0 Å². The number of carboxylic acid groups (broad SMARTS) is 1. The van der Waals surface area contributed by atoms with Crippen LogP contribution in [0.1, 0.15) is 35.4 Å². The lowest BCUT2D eigenvalue weighted by molar-refractivity contribution is -0.139. The first-order valence-corrected chi connectivity index (χ1v) is 13.3. The molecule has 0 spiro atoms. The summed E-state index contributed by atoms with van der Waals surface area (Å²) in [6.45, 7) is 2.79. The maximum absolute atomic E-state index is 12.5. The van der Waals surface area contributed by atoms with Crippen molar-refractivity contribution in [1.82, 2.24) is 5.32 Å². The van der Waals surface area contributed by atoms with Crippen molar-refractivity contribution in [2.45, 2.75) is 31.7 Å². The van der Waals surface area contributed by atoms with E-state index >= 15 is 0 Å². The van der Waals surface area contributed by atoms with Crippen molar-refractivity contribution in [2.24, 2.45) is 0 Å². The molecule has 0 saturated heterocycles. The zero-order valence-electron chi connectivity index (χ0n) is 20.3. The molecule has 0 saturated carbocycles. The molecule has 0 aliphatic heterocycles. The van der Waals surface area contributed by atoms with Gasteiger partial charge in [-0.05, 0) is 71.2 Å². The van der Waals surface area contributed by atoms with E-state index in [0.29, 0.717) is 18.8 Å². The van der Waals surface area contributed by atoms with Gasteiger partial charge in [-0.25, -0.2) is 9.59 Å². The number of alkyl carbamates (subject to hydrolysis) is 1. The van der Waals surface area contributed by atoms with Crippen molar-refractivity contribution in [2.75, 3.05) is 24.7 Å². The number of hydrogen-bond acceptors (Lipinski definition) is 5. The van der Waals surface area contributed by atoms with E-state index in [4.69, 9.17) is 9.47 Å². The van der Waals surface area contributed by atoms with Crippen LogP contribution in [-0.4, -0.2) is 47.9 Å². The summed E-state index contributed by atoms with van der Waals surface area (Å²) in [6, 6.07) is 23.1. The summed E-state index contributed by atoms with van der Waals surface area (Å²) >= 11 is 1.65. The Balaban J connectivity index is 1.18. The number of carbonyl (C=O) groups excluding carboxylic acids is 1. The molecule has 6 nitrogen and oxygen atoms in total. The smallest absolute Gasteiger partial charge is 0.407 e. The van der Waals surface area contributed by atoms with Gasteiger partial charge in [0.1, 0.15) is 18.4 Å². The predicted molar refractivity (Wildman–Crippen MR) is 143 cm³/mol. The molecule has 188 valence electrons. The normalized spacial score (nSPS) is 12.9. The summed E-state index contributed by atoms with van der Waals surface area (Å²) in [5, 5.41) is 12.1. The van der Waals surface area contributed by atoms with Crippen molar-refractivity contribution < 1.29 is 24.2 Å². The molecule has 1 amide bonds. The van der Waals surface area contributed by atoms with Gasteiger partial charge < -0.3 is 19.9 Å². The van der Waals surface area contributed by atoms with E-state index in [1.165, 1.54) is 0 Å². The van der Waals surface area contributed by atoms with Gasteiger partial charge in [-0.15, -0.1) is 0 Å². The lowest BCUT2D eigenvalue weighted by Gasteiger charge is -2.17. The number of rotatable bonds is 12. The van der Waals surface area contributed by atoms with Crippen LogP contribution in [0.2, 0.25) is 0 Å². The van der Waals surface area contributed by atoms with Gasteiger partial charge in [0.2, 0.25) is 0 Å². The van der Waals surface area contributed by atoms with Gasteiger partial charge in [-0.2, -0.15) is 11.8 Å². The lowest BCUT2D eigenvalue weighted by Crippen LogP contribution is -2.41. The minimum atomic E-state index is -1.06. The zero-order valence-corrected chi connectivity index (χ0v) is 21.1. The summed E-state index contributed by atoms with van der Waals surface area (Å²) in [5.74, 6) is 1.20. The molecular weight excluding hydrogens is 474 g/mol. The minimum absolute atomic E-state index is 0.0657. The molecule has 1 aliphatic rings. The van der Waals surface area contributed by atoms with E-state index in [1.54, 1.807) is 11.8 Å². The Morgan fingerprint density at radius 1 is 0.972 bits per heavy atom. The first kappa shape index (κ1) is 25.6. The van der Waals surface area contributed by atoms with Gasteiger partial charge in [-0.1, -0.05) is 60.7 Å². The fourth-order valence-corrected chi connectivity index (χ4v) is 5.33. The highest BCUT2D eigenvalue weighted by Gasteiger charge is 2.29. The van der Waals surface area contributed by atoms with Gasteiger partial charge >= 0.3 is 12.1 Å². The lowest BCUT2D eigenvalue weighted by atomic mass is 9.98. The van der Waals surface area contributed by atoms with Crippen LogP contribution in [0.4, 0.5) is 4.79 Å². The van der Waals surface area contributed by atoms with E-state index in [1.807, 2.05) is 67.6 Å². The highest BCUT2D eigenvalue weighted by molar-refractivity contribution is 7.99. The fourth-order valence-electron chi connectivity index (χ4n) is 4.40. The summed E-state index contributed by atoms with van der Waals surface area (Å²) < 4.78 is 11.2. The Hall–Kier alpha value is -3.45. The monoisotopic (exact) mass is 505 g/mol. The number of aliphatic carboxylic acids is 1. The summed E-state index contributed by atoms with van der Waals surface area (Å²) in [7, 11) is 0. The molecule has 1 atom stereocenters. The third-order valence-corrected chi connectivity index (χ3v) is 7.28. The molecule has 2 N–H and O–H groups in total. The second-order valence-corrected chi connectivity index (χ2v) is 10.0. The number of thioether (sulfide) groups is 1. The Bertz CT molecular complexity index is 1150. The maximum atomic E-state index is 12.5. The SMILES string of the molecule is Cc1cccc(OCCCSCCC(NC(=O)OCC2c3ccccc3-c3ccccc32)C(=O)O)c1. The molecular formula is C29H31NO5S. The molecule has 1 unspecified atom stereocenters. The van der Waals surface area contributed by atoms with Crippen molar-refractivity contribution in [3.05, 3.63) is 89.5 Å². The molecule has 1 aliphatic carbocycles. The van der Waals surface area contributed by atoms with Crippen LogP contribution in [-0.2, 0) is 9.53 Å². The number of fused-ring (bicyclic) bond motifs is 3. The molecule has 7 heteroatoms. The molecule has 3 aromatic rings. The Morgan fingerprint density at radius 2 is 1.67 bits per heavy atom. The largest absolute Gasteiger partial charge is 0.494 e. The van der Waals surface area contributed by atoms with E-state index in [0.717, 1.165) is 45.7 Å². The van der Waals surface area contributed by atoms with Crippen molar-refractivity contribution in [3.8, 4) is 16.9 Å². The van der Waals surface area contributed by atoms with Crippen LogP contribution in [0.15, 0.2) is 72.8 Å². The summed E-state index contributed by atoms with van der Waals surface area (Å²) in [5.41, 5.74) is 5.68.